The molecule has 0 atom stereocenters. The van der Waals surface area contributed by atoms with Crippen LogP contribution >= 0.6 is 0 Å². The van der Waals surface area contributed by atoms with Crippen molar-refractivity contribution in [1.82, 2.24) is 0 Å². The Kier molecular flexibility index (Phi) is 7.53. The van der Waals surface area contributed by atoms with Crippen molar-refractivity contribution < 1.29 is 0 Å². The van der Waals surface area contributed by atoms with E-state index in [1.807, 2.05) is 0 Å². The number of fused-ring (bicyclic) bond motifs is 6. The maximum Gasteiger partial charge on any atom is 0.0703 e. The first kappa shape index (κ1) is 32.0. The van der Waals surface area contributed by atoms with Gasteiger partial charge in [-0.3, -0.25) is 0 Å². The molecule has 0 bridgehead atoms. The zero-order valence-electron chi connectivity index (χ0n) is 30.7. The van der Waals surface area contributed by atoms with E-state index in [0.717, 1.165) is 34.1 Å². The van der Waals surface area contributed by atoms with Gasteiger partial charge in [0.25, 0.3) is 0 Å². The number of rotatable bonds is 5. The number of hydrogen-bond donors (Lipinski definition) is 0. The van der Waals surface area contributed by atoms with Crippen molar-refractivity contribution in [2.24, 2.45) is 0 Å². The van der Waals surface area contributed by atoms with E-state index in [0.29, 0.717) is 0 Å². The van der Waals surface area contributed by atoms with Crippen molar-refractivity contribution in [2.75, 3.05) is 9.80 Å². The molecule has 11 rings (SSSR count). The molecule has 0 N–H and O–H groups in total. The van der Waals surface area contributed by atoms with Crippen LogP contribution in [-0.2, 0) is 0 Å². The predicted octanol–water partition coefficient (Wildman–Crippen LogP) is 15.4. The quantitative estimate of drug-likeness (QED) is 0.164. The summed E-state index contributed by atoms with van der Waals surface area (Å²) >= 11 is 0. The van der Waals surface area contributed by atoms with Crippen LogP contribution in [0, 0.1) is 0 Å². The lowest BCUT2D eigenvalue weighted by atomic mass is 9.88. The van der Waals surface area contributed by atoms with E-state index in [9.17, 15) is 0 Å². The molecule has 0 spiro atoms. The molecule has 56 heavy (non-hydrogen) atoms. The fourth-order valence-electron chi connectivity index (χ4n) is 8.73. The van der Waals surface area contributed by atoms with Gasteiger partial charge in [-0.1, -0.05) is 146 Å². The van der Waals surface area contributed by atoms with Gasteiger partial charge >= 0.3 is 0 Å². The minimum absolute atomic E-state index is 1.13. The van der Waals surface area contributed by atoms with Gasteiger partial charge in [0.15, 0.2) is 0 Å². The van der Waals surface area contributed by atoms with Crippen LogP contribution in [0.25, 0.3) is 65.7 Å². The smallest absolute Gasteiger partial charge is 0.0703 e. The average molecular weight is 713 g/mol. The number of para-hydroxylation sites is 5. The molecule has 0 aromatic heterocycles. The molecular formula is C54H36N2. The van der Waals surface area contributed by atoms with Crippen LogP contribution in [0.1, 0.15) is 0 Å². The van der Waals surface area contributed by atoms with Crippen LogP contribution in [0.4, 0.5) is 34.1 Å². The van der Waals surface area contributed by atoms with E-state index in [1.54, 1.807) is 0 Å². The molecule has 0 fully saturated rings. The first-order valence-electron chi connectivity index (χ1n) is 19.3. The molecule has 0 radical (unpaired) electrons. The van der Waals surface area contributed by atoms with Gasteiger partial charge < -0.3 is 9.80 Å². The van der Waals surface area contributed by atoms with E-state index in [4.69, 9.17) is 0 Å². The second-order valence-electron chi connectivity index (χ2n) is 14.6. The number of hydrogen-bond acceptors (Lipinski definition) is 2. The summed E-state index contributed by atoms with van der Waals surface area (Å²) < 4.78 is 0. The standard InChI is InChI=1S/C54H36N2/c1-4-16-37(17-5-1)47-33-39-20-10-11-21-40(39)34-49(47)41-28-30-46-45-31-29-44(32-42(45)36-48(50(46)35-41)38-18-6-2-7-19-38)56-53-26-14-12-24-51(53)55(43-22-8-3-9-23-43)52-25-13-15-27-54(52)56/h1-36H. The third-order valence-corrected chi connectivity index (χ3v) is 11.3. The highest BCUT2D eigenvalue weighted by Crippen LogP contribution is 2.54. The minimum Gasteiger partial charge on any atom is -0.306 e. The summed E-state index contributed by atoms with van der Waals surface area (Å²) in [5.41, 5.74) is 14.2. The van der Waals surface area contributed by atoms with Crippen molar-refractivity contribution >= 4 is 66.4 Å². The summed E-state index contributed by atoms with van der Waals surface area (Å²) in [4.78, 5) is 4.80. The van der Waals surface area contributed by atoms with Gasteiger partial charge in [-0.25, -0.2) is 0 Å². The second kappa shape index (κ2) is 13.2. The Bertz CT molecular complexity index is 3030. The third kappa shape index (κ3) is 5.26. The molecule has 0 amide bonds. The van der Waals surface area contributed by atoms with E-state index < -0.39 is 0 Å². The van der Waals surface area contributed by atoms with Crippen LogP contribution in [0.5, 0.6) is 0 Å². The Morgan fingerprint density at radius 3 is 1.27 bits per heavy atom. The molecule has 10 aromatic rings. The highest BCUT2D eigenvalue weighted by Gasteiger charge is 2.30. The molecule has 0 saturated carbocycles. The van der Waals surface area contributed by atoms with Gasteiger partial charge in [0, 0.05) is 11.4 Å². The largest absolute Gasteiger partial charge is 0.306 e. The van der Waals surface area contributed by atoms with Crippen molar-refractivity contribution in [3.63, 3.8) is 0 Å². The number of benzene rings is 10. The lowest BCUT2D eigenvalue weighted by molar-refractivity contribution is 1.17. The maximum atomic E-state index is 2.42. The Balaban J connectivity index is 1.12. The second-order valence-corrected chi connectivity index (χ2v) is 14.6. The van der Waals surface area contributed by atoms with Gasteiger partial charge in [0.05, 0.1) is 22.7 Å². The summed E-state index contributed by atoms with van der Waals surface area (Å²) in [6.45, 7) is 0. The van der Waals surface area contributed by atoms with E-state index in [1.165, 1.54) is 65.7 Å². The molecule has 262 valence electrons. The first-order chi connectivity index (χ1) is 27.8. The highest BCUT2D eigenvalue weighted by atomic mass is 15.3. The minimum atomic E-state index is 1.13. The molecule has 1 aliphatic rings. The summed E-state index contributed by atoms with van der Waals surface area (Å²) in [7, 11) is 0. The van der Waals surface area contributed by atoms with E-state index >= 15 is 0 Å². The van der Waals surface area contributed by atoms with Crippen LogP contribution in [0.2, 0.25) is 0 Å². The molecule has 0 unspecified atom stereocenters. The lowest BCUT2D eigenvalue weighted by Crippen LogP contribution is -2.23. The zero-order valence-corrected chi connectivity index (χ0v) is 30.7. The maximum absolute atomic E-state index is 2.42. The van der Waals surface area contributed by atoms with Gasteiger partial charge in [-0.15, -0.1) is 0 Å². The molecular weight excluding hydrogens is 677 g/mol. The first-order valence-corrected chi connectivity index (χ1v) is 19.3. The van der Waals surface area contributed by atoms with Crippen molar-refractivity contribution in [1.29, 1.82) is 0 Å². The van der Waals surface area contributed by atoms with Crippen LogP contribution < -0.4 is 9.80 Å². The summed E-state index contributed by atoms with van der Waals surface area (Å²) in [5.74, 6) is 0. The Morgan fingerprint density at radius 1 is 0.232 bits per heavy atom. The van der Waals surface area contributed by atoms with Gasteiger partial charge in [0.2, 0.25) is 0 Å². The van der Waals surface area contributed by atoms with Crippen LogP contribution in [0.15, 0.2) is 218 Å². The number of nitrogens with zero attached hydrogens (tertiary/aromatic N) is 2. The summed E-state index contributed by atoms with van der Waals surface area (Å²) in [6, 6.07) is 79.6. The van der Waals surface area contributed by atoms with Crippen molar-refractivity contribution in [2.45, 2.75) is 0 Å². The Hall–Kier alpha value is -7.42. The average Bonchev–Trinajstić information content (AvgIpc) is 3.28. The topological polar surface area (TPSA) is 6.48 Å². The molecule has 0 aliphatic carbocycles. The predicted molar refractivity (Wildman–Crippen MR) is 238 cm³/mol. The summed E-state index contributed by atoms with van der Waals surface area (Å²) in [6.07, 6.45) is 0. The van der Waals surface area contributed by atoms with Gasteiger partial charge in [-0.05, 0) is 138 Å². The highest BCUT2D eigenvalue weighted by molar-refractivity contribution is 6.16. The normalized spacial score (nSPS) is 12.2. The monoisotopic (exact) mass is 712 g/mol. The molecule has 1 heterocycles. The molecule has 2 nitrogen and oxygen atoms in total. The Labute approximate surface area is 326 Å². The fraction of sp³-hybridized carbons (Fsp3) is 0. The Morgan fingerprint density at radius 2 is 0.679 bits per heavy atom. The van der Waals surface area contributed by atoms with Crippen LogP contribution in [0.3, 0.4) is 0 Å². The van der Waals surface area contributed by atoms with Crippen LogP contribution in [-0.4, -0.2) is 0 Å². The zero-order chi connectivity index (χ0) is 37.0. The SMILES string of the molecule is c1ccc(-c2cc3ccccc3cc2-c2ccc3c(c2)c(-c2ccccc2)cc2cc(N4c5ccccc5N(c5ccccc5)c5ccccc54)ccc23)cc1. The van der Waals surface area contributed by atoms with Crippen molar-refractivity contribution in [3.05, 3.63) is 218 Å². The molecule has 2 heteroatoms. The molecule has 0 saturated heterocycles. The van der Waals surface area contributed by atoms with E-state index in [-0.39, 0.29) is 0 Å². The summed E-state index contributed by atoms with van der Waals surface area (Å²) in [5, 5.41) is 7.42. The lowest BCUT2D eigenvalue weighted by Gasteiger charge is -2.40. The fourth-order valence-corrected chi connectivity index (χ4v) is 8.73. The third-order valence-electron chi connectivity index (χ3n) is 11.3. The van der Waals surface area contributed by atoms with Gasteiger partial charge in [-0.2, -0.15) is 0 Å². The molecule has 1 aliphatic heterocycles. The van der Waals surface area contributed by atoms with E-state index in [2.05, 4.69) is 228 Å². The van der Waals surface area contributed by atoms with Crippen molar-refractivity contribution in [3.8, 4) is 33.4 Å². The number of anilines is 6. The molecule has 10 aromatic carbocycles. The van der Waals surface area contributed by atoms with Gasteiger partial charge in [0.1, 0.15) is 0 Å².